The van der Waals surface area contributed by atoms with Gasteiger partial charge in [-0.25, -0.2) is 4.98 Å². The maximum Gasteiger partial charge on any atom is 0.267 e. The number of rotatable bonds is 5. The van der Waals surface area contributed by atoms with E-state index in [9.17, 15) is 9.59 Å². The highest BCUT2D eigenvalue weighted by atomic mass is 32.1. The van der Waals surface area contributed by atoms with Gasteiger partial charge in [0, 0.05) is 22.6 Å². The fourth-order valence-electron chi connectivity index (χ4n) is 3.05. The molecule has 2 aromatic heterocycles. The van der Waals surface area contributed by atoms with Crippen molar-refractivity contribution in [2.45, 2.75) is 19.9 Å². The maximum atomic E-state index is 12.6. The van der Waals surface area contributed by atoms with Crippen molar-refractivity contribution in [2.24, 2.45) is 0 Å². The molecule has 29 heavy (non-hydrogen) atoms. The molecule has 1 atom stereocenters. The lowest BCUT2D eigenvalue weighted by Crippen LogP contribution is -2.23. The number of benzene rings is 2. The minimum atomic E-state index is -0.147. The first kappa shape index (κ1) is 19.3. The molecule has 5 nitrogen and oxygen atoms in total. The molecule has 0 aliphatic rings. The minimum absolute atomic E-state index is 0.0480. The van der Waals surface area contributed by atoms with E-state index in [-0.39, 0.29) is 17.9 Å². The molecule has 0 saturated carbocycles. The van der Waals surface area contributed by atoms with Gasteiger partial charge in [0.15, 0.2) is 5.13 Å². The summed E-state index contributed by atoms with van der Waals surface area (Å²) >= 11 is 2.87. The second-order valence-corrected chi connectivity index (χ2v) is 8.63. The Hall–Kier alpha value is -3.03. The monoisotopic (exact) mass is 421 g/mol. The summed E-state index contributed by atoms with van der Waals surface area (Å²) in [5.41, 5.74) is 2.79. The highest BCUT2D eigenvalue weighted by Gasteiger charge is 2.13. The zero-order valence-corrected chi connectivity index (χ0v) is 17.6. The lowest BCUT2D eigenvalue weighted by Gasteiger charge is -2.12. The van der Waals surface area contributed by atoms with Crippen LogP contribution in [-0.2, 0) is 4.79 Å². The van der Waals surface area contributed by atoms with Crippen LogP contribution in [0.25, 0.3) is 21.3 Å². The fourth-order valence-corrected chi connectivity index (χ4v) is 4.72. The molecule has 0 aliphatic carbocycles. The van der Waals surface area contributed by atoms with Crippen molar-refractivity contribution in [3.05, 3.63) is 70.4 Å². The zero-order valence-electron chi connectivity index (χ0n) is 15.9. The van der Waals surface area contributed by atoms with Crippen LogP contribution in [0.4, 0.5) is 5.13 Å². The van der Waals surface area contributed by atoms with Gasteiger partial charge in [-0.3, -0.25) is 14.9 Å². The Balaban J connectivity index is 1.46. The molecule has 0 spiro atoms. The first-order chi connectivity index (χ1) is 14.0. The Kier molecular flexibility index (Phi) is 5.42. The second-order valence-electron chi connectivity index (χ2n) is 6.68. The number of thiazole rings is 1. The summed E-state index contributed by atoms with van der Waals surface area (Å²) in [7, 11) is 0. The van der Waals surface area contributed by atoms with Crippen molar-refractivity contribution in [2.75, 3.05) is 5.32 Å². The molecule has 146 valence electrons. The van der Waals surface area contributed by atoms with E-state index in [1.165, 1.54) is 29.6 Å². The number of carbonyl (C=O) groups excluding carboxylic acids is 2. The van der Waals surface area contributed by atoms with Gasteiger partial charge in [-0.15, -0.1) is 22.7 Å². The number of hydrogen-bond donors (Lipinski definition) is 2. The highest BCUT2D eigenvalue weighted by molar-refractivity contribution is 7.21. The molecule has 4 aromatic rings. The van der Waals surface area contributed by atoms with Crippen LogP contribution in [0, 0.1) is 0 Å². The van der Waals surface area contributed by atoms with Gasteiger partial charge in [-0.1, -0.05) is 42.5 Å². The normalized spacial score (nSPS) is 11.9. The SMILES string of the molecule is CC(=O)NC(C)c1ccc(-c2csc(NC(=O)c3cc4ccccc4s3)n2)cc1. The lowest BCUT2D eigenvalue weighted by molar-refractivity contribution is -0.119. The average Bonchev–Trinajstić information content (AvgIpc) is 3.34. The summed E-state index contributed by atoms with van der Waals surface area (Å²) in [5.74, 6) is -0.202. The molecule has 0 fully saturated rings. The van der Waals surface area contributed by atoms with Gasteiger partial charge in [0.25, 0.3) is 5.91 Å². The molecular formula is C22H19N3O2S2. The van der Waals surface area contributed by atoms with Gasteiger partial charge < -0.3 is 5.32 Å². The van der Waals surface area contributed by atoms with Crippen LogP contribution >= 0.6 is 22.7 Å². The topological polar surface area (TPSA) is 71.1 Å². The Morgan fingerprint density at radius 1 is 1.07 bits per heavy atom. The van der Waals surface area contributed by atoms with E-state index < -0.39 is 0 Å². The molecule has 4 rings (SSSR count). The van der Waals surface area contributed by atoms with E-state index in [4.69, 9.17) is 0 Å². The van der Waals surface area contributed by atoms with Gasteiger partial charge in [0.2, 0.25) is 5.91 Å². The van der Waals surface area contributed by atoms with Crippen molar-refractivity contribution < 1.29 is 9.59 Å². The molecule has 2 N–H and O–H groups in total. The number of amides is 2. The number of nitrogens with one attached hydrogen (secondary N) is 2. The van der Waals surface area contributed by atoms with Gasteiger partial charge >= 0.3 is 0 Å². The minimum Gasteiger partial charge on any atom is -0.350 e. The summed E-state index contributed by atoms with van der Waals surface area (Å²) in [6, 6.07) is 17.7. The summed E-state index contributed by atoms with van der Waals surface area (Å²) in [5, 5.41) is 9.32. The molecule has 0 bridgehead atoms. The fraction of sp³-hybridized carbons (Fsp3) is 0.136. The largest absolute Gasteiger partial charge is 0.350 e. The summed E-state index contributed by atoms with van der Waals surface area (Å²) < 4.78 is 1.09. The van der Waals surface area contributed by atoms with E-state index in [2.05, 4.69) is 15.6 Å². The van der Waals surface area contributed by atoms with E-state index in [0.29, 0.717) is 10.0 Å². The third kappa shape index (κ3) is 4.36. The number of thiophene rings is 1. The number of nitrogens with zero attached hydrogens (tertiary/aromatic N) is 1. The van der Waals surface area contributed by atoms with Gasteiger partial charge in [0.05, 0.1) is 16.6 Å². The molecule has 1 unspecified atom stereocenters. The molecular weight excluding hydrogens is 402 g/mol. The van der Waals surface area contributed by atoms with Crippen molar-refractivity contribution in [3.8, 4) is 11.3 Å². The quantitative estimate of drug-likeness (QED) is 0.449. The van der Waals surface area contributed by atoms with Gasteiger partial charge in [-0.2, -0.15) is 0 Å². The van der Waals surface area contributed by atoms with Crippen molar-refractivity contribution in [1.82, 2.24) is 10.3 Å². The third-order valence-corrected chi connectivity index (χ3v) is 6.37. The number of anilines is 1. The number of fused-ring (bicyclic) bond motifs is 1. The Labute approximate surface area is 176 Å². The standard InChI is InChI=1S/C22H19N3O2S2/c1-13(23-14(2)26)15-7-9-16(10-8-15)18-12-28-22(24-18)25-21(27)20-11-17-5-3-4-6-19(17)29-20/h3-13H,1-2H3,(H,23,26)(H,24,25,27). The lowest BCUT2D eigenvalue weighted by atomic mass is 10.1. The predicted octanol–water partition coefficient (Wildman–Crippen LogP) is 5.47. The predicted molar refractivity (Wildman–Crippen MR) is 120 cm³/mol. The zero-order chi connectivity index (χ0) is 20.4. The first-order valence-electron chi connectivity index (χ1n) is 9.12. The molecule has 0 radical (unpaired) electrons. The van der Waals surface area contributed by atoms with Crippen molar-refractivity contribution in [1.29, 1.82) is 0 Å². The smallest absolute Gasteiger partial charge is 0.267 e. The van der Waals surface area contributed by atoms with Crippen LogP contribution in [0.1, 0.15) is 35.1 Å². The molecule has 2 aromatic carbocycles. The van der Waals surface area contributed by atoms with Gasteiger partial charge in [-0.05, 0) is 30.0 Å². The van der Waals surface area contributed by atoms with Crippen LogP contribution in [0.15, 0.2) is 60.0 Å². The third-order valence-electron chi connectivity index (χ3n) is 4.50. The van der Waals surface area contributed by atoms with Crippen LogP contribution in [-0.4, -0.2) is 16.8 Å². The molecule has 0 aliphatic heterocycles. The Bertz CT molecular complexity index is 1150. The van der Waals surface area contributed by atoms with E-state index in [0.717, 1.165) is 26.9 Å². The van der Waals surface area contributed by atoms with Crippen molar-refractivity contribution in [3.63, 3.8) is 0 Å². The van der Waals surface area contributed by atoms with E-state index >= 15 is 0 Å². The summed E-state index contributed by atoms with van der Waals surface area (Å²) in [4.78, 5) is 29.0. The first-order valence-corrected chi connectivity index (χ1v) is 10.8. The molecule has 2 amide bonds. The summed E-state index contributed by atoms with van der Waals surface area (Å²) in [6.45, 7) is 3.45. The van der Waals surface area contributed by atoms with Gasteiger partial charge in [0.1, 0.15) is 0 Å². The molecule has 0 saturated heterocycles. The average molecular weight is 422 g/mol. The highest BCUT2D eigenvalue weighted by Crippen LogP contribution is 2.29. The number of aromatic nitrogens is 1. The Morgan fingerprint density at radius 3 is 2.55 bits per heavy atom. The van der Waals surface area contributed by atoms with Crippen molar-refractivity contribution >= 4 is 49.7 Å². The second kappa shape index (κ2) is 8.14. The van der Waals surface area contributed by atoms with Crippen LogP contribution < -0.4 is 10.6 Å². The van der Waals surface area contributed by atoms with E-state index in [1.807, 2.05) is 66.9 Å². The van der Waals surface area contributed by atoms with Crippen LogP contribution in [0.5, 0.6) is 0 Å². The molecule has 2 heterocycles. The maximum absolute atomic E-state index is 12.6. The number of carbonyl (C=O) groups is 2. The van der Waals surface area contributed by atoms with E-state index in [1.54, 1.807) is 0 Å². The Morgan fingerprint density at radius 2 is 1.83 bits per heavy atom. The van der Waals surface area contributed by atoms with Crippen LogP contribution in [0.3, 0.4) is 0 Å². The molecule has 7 heteroatoms. The summed E-state index contributed by atoms with van der Waals surface area (Å²) in [6.07, 6.45) is 0. The van der Waals surface area contributed by atoms with Crippen LogP contribution in [0.2, 0.25) is 0 Å². The number of hydrogen-bond acceptors (Lipinski definition) is 5.